The smallest absolute Gasteiger partial charge is 0.199 e. The maximum absolute atomic E-state index is 10.6. The van der Waals surface area contributed by atoms with Crippen LogP contribution in [0.2, 0.25) is 0 Å². The van der Waals surface area contributed by atoms with E-state index < -0.39 is 0 Å². The Morgan fingerprint density at radius 3 is 2.88 bits per heavy atom. The quantitative estimate of drug-likeness (QED) is 0.503. The summed E-state index contributed by atoms with van der Waals surface area (Å²) in [7, 11) is 0. The summed E-state index contributed by atoms with van der Waals surface area (Å²) in [6, 6.07) is 0. The van der Waals surface area contributed by atoms with Gasteiger partial charge in [-0.05, 0) is 6.42 Å². The Balaban J connectivity index is 2.51. The predicted molar refractivity (Wildman–Crippen MR) is 29.3 cm³/mol. The fourth-order valence-electron chi connectivity index (χ4n) is 0.673. The van der Waals surface area contributed by atoms with Crippen LogP contribution in [0.4, 0.5) is 0 Å². The summed E-state index contributed by atoms with van der Waals surface area (Å²) in [5.41, 5.74) is 0. The van der Waals surface area contributed by atoms with Gasteiger partial charge in [-0.3, -0.25) is 4.79 Å². The topological polar surface area (TPSA) is 26.3 Å². The van der Waals surface area contributed by atoms with E-state index in [0.29, 0.717) is 0 Å². The number of hydrogen-bond donors (Lipinski definition) is 0. The van der Waals surface area contributed by atoms with Crippen molar-refractivity contribution in [1.29, 1.82) is 0 Å². The Kier molecular flexibility index (Phi) is 1.33. The van der Waals surface area contributed by atoms with Gasteiger partial charge >= 0.3 is 0 Å². The molecule has 0 aromatic carbocycles. The minimum Gasteiger partial charge on any atom is -0.490 e. The van der Waals surface area contributed by atoms with Crippen molar-refractivity contribution in [2.45, 2.75) is 19.4 Å². The van der Waals surface area contributed by atoms with Crippen molar-refractivity contribution in [2.75, 3.05) is 0 Å². The van der Waals surface area contributed by atoms with Crippen molar-refractivity contribution < 1.29 is 9.53 Å². The summed E-state index contributed by atoms with van der Waals surface area (Å²) >= 11 is 0. The molecule has 2 nitrogen and oxygen atoms in total. The molecule has 0 radical (unpaired) electrons. The van der Waals surface area contributed by atoms with E-state index in [1.807, 2.05) is 6.92 Å². The van der Waals surface area contributed by atoms with E-state index in [1.165, 1.54) is 12.3 Å². The molecule has 0 bridgehead atoms. The van der Waals surface area contributed by atoms with Crippen LogP contribution in [0.25, 0.3) is 0 Å². The lowest BCUT2D eigenvalue weighted by Crippen LogP contribution is -2.13. The van der Waals surface area contributed by atoms with E-state index in [4.69, 9.17) is 4.74 Å². The third-order valence-corrected chi connectivity index (χ3v) is 1.16. The lowest BCUT2D eigenvalue weighted by Gasteiger charge is -2.01. The molecule has 1 aliphatic rings. The van der Waals surface area contributed by atoms with Gasteiger partial charge in [0, 0.05) is 6.08 Å². The molecule has 0 saturated carbocycles. The molecule has 1 heterocycles. The average Bonchev–Trinajstić information content (AvgIpc) is 2.14. The van der Waals surface area contributed by atoms with Crippen LogP contribution in [-0.4, -0.2) is 11.9 Å². The second-order valence-electron chi connectivity index (χ2n) is 1.74. The van der Waals surface area contributed by atoms with Crippen LogP contribution in [0.15, 0.2) is 12.3 Å². The Labute approximate surface area is 48.1 Å². The maximum atomic E-state index is 10.6. The molecule has 0 aromatic heterocycles. The second-order valence-corrected chi connectivity index (χ2v) is 1.74. The minimum absolute atomic E-state index is 0.0903. The van der Waals surface area contributed by atoms with E-state index in [-0.39, 0.29) is 11.9 Å². The molecule has 0 saturated heterocycles. The molecular formula is C6H8O2. The molecule has 1 atom stereocenters. The van der Waals surface area contributed by atoms with Gasteiger partial charge in [0.2, 0.25) is 0 Å². The van der Waals surface area contributed by atoms with Crippen molar-refractivity contribution in [3.63, 3.8) is 0 Å². The van der Waals surface area contributed by atoms with Crippen molar-refractivity contribution in [3.05, 3.63) is 12.3 Å². The van der Waals surface area contributed by atoms with Gasteiger partial charge in [-0.15, -0.1) is 0 Å². The molecule has 1 aliphatic heterocycles. The number of ketones is 1. The SMILES string of the molecule is CCC1OC=CC1=O. The lowest BCUT2D eigenvalue weighted by molar-refractivity contribution is -0.120. The first-order valence-electron chi connectivity index (χ1n) is 2.70. The van der Waals surface area contributed by atoms with Crippen LogP contribution in [0.5, 0.6) is 0 Å². The highest BCUT2D eigenvalue weighted by molar-refractivity contribution is 5.94. The zero-order chi connectivity index (χ0) is 5.98. The highest BCUT2D eigenvalue weighted by Gasteiger charge is 2.17. The normalized spacial score (nSPS) is 26.1. The molecule has 2 heteroatoms. The van der Waals surface area contributed by atoms with Crippen LogP contribution in [0.3, 0.4) is 0 Å². The number of hydrogen-bond acceptors (Lipinski definition) is 2. The Bertz CT molecular complexity index is 126. The largest absolute Gasteiger partial charge is 0.490 e. The number of ether oxygens (including phenoxy) is 1. The minimum atomic E-state index is -0.185. The molecule has 0 amide bonds. The summed E-state index contributed by atoms with van der Waals surface area (Å²) in [5, 5.41) is 0. The predicted octanol–water partition coefficient (Wildman–Crippen LogP) is 0.878. The van der Waals surface area contributed by atoms with E-state index >= 15 is 0 Å². The van der Waals surface area contributed by atoms with Gasteiger partial charge in [0.05, 0.1) is 6.26 Å². The Hall–Kier alpha value is -0.790. The third kappa shape index (κ3) is 0.735. The van der Waals surface area contributed by atoms with Gasteiger partial charge in [0.15, 0.2) is 11.9 Å². The van der Waals surface area contributed by atoms with Gasteiger partial charge in [0.25, 0.3) is 0 Å². The molecule has 0 spiro atoms. The van der Waals surface area contributed by atoms with E-state index in [1.54, 1.807) is 0 Å². The highest BCUT2D eigenvalue weighted by atomic mass is 16.5. The molecule has 0 aliphatic carbocycles. The number of carbonyl (C=O) groups excluding carboxylic acids is 1. The van der Waals surface area contributed by atoms with Gasteiger partial charge in [0.1, 0.15) is 0 Å². The average molecular weight is 112 g/mol. The molecule has 0 fully saturated rings. The monoisotopic (exact) mass is 112 g/mol. The Morgan fingerprint density at radius 2 is 2.62 bits per heavy atom. The fourth-order valence-corrected chi connectivity index (χ4v) is 0.673. The molecule has 44 valence electrons. The summed E-state index contributed by atoms with van der Waals surface area (Å²) in [6.45, 7) is 1.93. The molecule has 0 aromatic rings. The first-order valence-corrected chi connectivity index (χ1v) is 2.70. The van der Waals surface area contributed by atoms with Crippen molar-refractivity contribution in [1.82, 2.24) is 0 Å². The van der Waals surface area contributed by atoms with E-state index in [9.17, 15) is 4.79 Å². The van der Waals surface area contributed by atoms with Gasteiger partial charge in [-0.25, -0.2) is 0 Å². The van der Waals surface area contributed by atoms with Crippen LogP contribution in [-0.2, 0) is 9.53 Å². The molecular weight excluding hydrogens is 104 g/mol. The van der Waals surface area contributed by atoms with Gasteiger partial charge in [-0.2, -0.15) is 0 Å². The van der Waals surface area contributed by atoms with Crippen LogP contribution >= 0.6 is 0 Å². The van der Waals surface area contributed by atoms with Crippen LogP contribution in [0.1, 0.15) is 13.3 Å². The van der Waals surface area contributed by atoms with Crippen molar-refractivity contribution >= 4 is 5.78 Å². The van der Waals surface area contributed by atoms with E-state index in [0.717, 1.165) is 6.42 Å². The zero-order valence-electron chi connectivity index (χ0n) is 4.76. The maximum Gasteiger partial charge on any atom is 0.199 e. The summed E-state index contributed by atoms with van der Waals surface area (Å²) in [4.78, 5) is 10.6. The van der Waals surface area contributed by atoms with Crippen molar-refractivity contribution in [2.24, 2.45) is 0 Å². The Morgan fingerprint density at radius 1 is 1.88 bits per heavy atom. The van der Waals surface area contributed by atoms with Crippen LogP contribution in [0, 0.1) is 0 Å². The van der Waals surface area contributed by atoms with Gasteiger partial charge in [-0.1, -0.05) is 6.92 Å². The number of rotatable bonds is 1. The molecule has 1 unspecified atom stereocenters. The summed E-state index contributed by atoms with van der Waals surface area (Å²) < 4.78 is 4.88. The highest BCUT2D eigenvalue weighted by Crippen LogP contribution is 2.07. The lowest BCUT2D eigenvalue weighted by atomic mass is 10.2. The zero-order valence-corrected chi connectivity index (χ0v) is 4.76. The summed E-state index contributed by atoms with van der Waals surface area (Å²) in [6.07, 6.45) is 3.51. The van der Waals surface area contributed by atoms with Crippen molar-refractivity contribution in [3.8, 4) is 0 Å². The first kappa shape index (κ1) is 5.35. The standard InChI is InChI=1S/C6H8O2/c1-2-6-5(7)3-4-8-6/h3-4,6H,2H2,1H3. The molecule has 8 heavy (non-hydrogen) atoms. The van der Waals surface area contributed by atoms with E-state index in [2.05, 4.69) is 0 Å². The van der Waals surface area contributed by atoms with Crippen LogP contribution < -0.4 is 0 Å². The molecule has 0 N–H and O–H groups in total. The molecule has 1 rings (SSSR count). The second kappa shape index (κ2) is 1.99. The van der Waals surface area contributed by atoms with Gasteiger partial charge < -0.3 is 4.74 Å². The fraction of sp³-hybridized carbons (Fsp3) is 0.500. The summed E-state index contributed by atoms with van der Waals surface area (Å²) in [5.74, 6) is 0.0903. The first-order chi connectivity index (χ1) is 3.84. The number of carbonyl (C=O) groups is 1. The third-order valence-electron chi connectivity index (χ3n) is 1.16.